The average Bonchev–Trinajstić information content (AvgIpc) is 2.21. The van der Waals surface area contributed by atoms with Gasteiger partial charge < -0.3 is 0 Å². The number of rotatable bonds is 0. The van der Waals surface area contributed by atoms with Crippen LogP contribution in [-0.4, -0.2) is 0 Å². The van der Waals surface area contributed by atoms with Crippen molar-refractivity contribution in [3.8, 4) is 0 Å². The molecule has 0 unspecified atom stereocenters. The minimum absolute atomic E-state index is 0.217. The Hall–Kier alpha value is -1.11. The first-order chi connectivity index (χ1) is 5.17. The summed E-state index contributed by atoms with van der Waals surface area (Å²) in [7, 11) is 0. The maximum atomic E-state index is 2.27. The highest BCUT2D eigenvalue weighted by Gasteiger charge is 2.21. The predicted molar refractivity (Wildman–Crippen MR) is 44.2 cm³/mol. The fraction of sp³-hybridized carbons (Fsp3) is 0.300. The minimum atomic E-state index is 0.217. The van der Waals surface area contributed by atoms with Crippen molar-refractivity contribution < 1.29 is 4.24 Å². The number of pyridine rings is 1. The van der Waals surface area contributed by atoms with Crippen molar-refractivity contribution in [2.45, 2.75) is 13.8 Å². The van der Waals surface area contributed by atoms with Crippen LogP contribution in [0.4, 0.5) is 0 Å². The molecular weight excluding hydrogens is 134 g/mol. The van der Waals surface area contributed by atoms with Gasteiger partial charge in [-0.3, -0.25) is 0 Å². The van der Waals surface area contributed by atoms with E-state index in [-0.39, 0.29) is 5.41 Å². The number of hydrogen-bond acceptors (Lipinski definition) is 0. The van der Waals surface area contributed by atoms with E-state index in [0.29, 0.717) is 0 Å². The van der Waals surface area contributed by atoms with Crippen molar-refractivity contribution in [1.82, 2.24) is 0 Å². The molecule has 1 aliphatic heterocycles. The molecule has 1 aliphatic rings. The molecule has 0 aromatic carbocycles. The van der Waals surface area contributed by atoms with Gasteiger partial charge in [-0.15, -0.1) is 0 Å². The van der Waals surface area contributed by atoms with Crippen LogP contribution in [0.15, 0.2) is 24.4 Å². The van der Waals surface area contributed by atoms with E-state index in [9.17, 15) is 0 Å². The molecule has 0 N–H and O–H groups in total. The quantitative estimate of drug-likeness (QED) is 0.478. The highest BCUT2D eigenvalue weighted by Crippen LogP contribution is 2.16. The molecule has 1 nitrogen and oxygen atoms in total. The highest BCUT2D eigenvalue weighted by atomic mass is 14.8. The Morgan fingerprint density at radius 2 is 2.09 bits per heavy atom. The van der Waals surface area contributed by atoms with Crippen LogP contribution in [0.2, 0.25) is 0 Å². The molecule has 56 valence electrons. The molecule has 1 aromatic rings. The van der Waals surface area contributed by atoms with Crippen LogP contribution in [0.3, 0.4) is 0 Å². The van der Waals surface area contributed by atoms with E-state index in [4.69, 9.17) is 0 Å². The summed E-state index contributed by atoms with van der Waals surface area (Å²) in [6.07, 6.45) is 6.58. The van der Waals surface area contributed by atoms with Gasteiger partial charge in [-0.25, -0.2) is 0 Å². The summed E-state index contributed by atoms with van der Waals surface area (Å²) >= 11 is 0. The van der Waals surface area contributed by atoms with Crippen LogP contribution in [0.25, 0.3) is 6.08 Å². The lowest BCUT2D eigenvalue weighted by Gasteiger charge is -2.01. The summed E-state index contributed by atoms with van der Waals surface area (Å²) in [6.45, 7) is 4.42. The van der Waals surface area contributed by atoms with E-state index in [2.05, 4.69) is 54.8 Å². The normalized spacial score (nSPS) is 18.4. The Balaban J connectivity index is 2.81. The van der Waals surface area contributed by atoms with Crippen LogP contribution >= 0.6 is 0 Å². The molecule has 1 heteroatoms. The molecule has 0 saturated heterocycles. The van der Waals surface area contributed by atoms with Gasteiger partial charge in [0.2, 0.25) is 5.35 Å². The molecular formula is C10H12N+. The summed E-state index contributed by atoms with van der Waals surface area (Å²) < 4.78 is 2.17. The van der Waals surface area contributed by atoms with Crippen molar-refractivity contribution in [3.63, 3.8) is 0 Å². The third kappa shape index (κ3) is 1.07. The molecule has 1 aromatic heterocycles. The van der Waals surface area contributed by atoms with Crippen LogP contribution in [-0.2, 0) is 0 Å². The highest BCUT2D eigenvalue weighted by molar-refractivity contribution is 5.29. The molecule has 0 radical (unpaired) electrons. The zero-order valence-electron chi connectivity index (χ0n) is 6.91. The molecule has 0 fully saturated rings. The summed E-state index contributed by atoms with van der Waals surface area (Å²) in [5.74, 6) is 0. The van der Waals surface area contributed by atoms with E-state index < -0.39 is 0 Å². The van der Waals surface area contributed by atoms with Crippen LogP contribution in [0.5, 0.6) is 0 Å². The Labute approximate surface area is 66.3 Å². The Bertz CT molecular complexity index is 351. The maximum absolute atomic E-state index is 2.27. The second kappa shape index (κ2) is 1.94. The number of fused-ring (bicyclic) bond motifs is 1. The smallest absolute Gasteiger partial charge is 0.171 e. The van der Waals surface area contributed by atoms with Crippen molar-refractivity contribution in [2.75, 3.05) is 0 Å². The molecule has 2 heterocycles. The van der Waals surface area contributed by atoms with Crippen LogP contribution in [0, 0.1) is 11.6 Å². The van der Waals surface area contributed by atoms with Crippen molar-refractivity contribution in [1.29, 1.82) is 0 Å². The summed E-state index contributed by atoms with van der Waals surface area (Å²) in [5.41, 5.74) is 0.217. The van der Waals surface area contributed by atoms with Gasteiger partial charge in [0.25, 0.3) is 0 Å². The summed E-state index contributed by atoms with van der Waals surface area (Å²) in [6, 6.07) is 6.25. The van der Waals surface area contributed by atoms with E-state index in [0.717, 1.165) is 0 Å². The van der Waals surface area contributed by atoms with Crippen LogP contribution in [0.1, 0.15) is 13.8 Å². The molecule has 0 amide bonds. The summed E-state index contributed by atoms with van der Waals surface area (Å²) in [5, 5.41) is 1.29. The van der Waals surface area contributed by atoms with Crippen molar-refractivity contribution in [2.24, 2.45) is 5.41 Å². The fourth-order valence-corrected chi connectivity index (χ4v) is 1.49. The van der Waals surface area contributed by atoms with Gasteiger partial charge in [-0.2, -0.15) is 4.24 Å². The molecule has 0 saturated carbocycles. The monoisotopic (exact) mass is 146 g/mol. The zero-order valence-corrected chi connectivity index (χ0v) is 6.91. The second-order valence-electron chi connectivity index (χ2n) is 3.63. The number of hydrogen-bond donors (Lipinski definition) is 0. The van der Waals surface area contributed by atoms with E-state index in [1.165, 1.54) is 5.35 Å². The second-order valence-corrected chi connectivity index (χ2v) is 3.63. The van der Waals surface area contributed by atoms with Gasteiger partial charge in [-0.1, -0.05) is 0 Å². The number of aromatic nitrogens is 1. The predicted octanol–water partition coefficient (Wildman–Crippen LogP) is 0.804. The Kier molecular flexibility index (Phi) is 1.16. The molecule has 0 bridgehead atoms. The van der Waals surface area contributed by atoms with E-state index in [1.807, 2.05) is 0 Å². The molecule has 0 atom stereocenters. The molecule has 11 heavy (non-hydrogen) atoms. The minimum Gasteiger partial charge on any atom is -0.171 e. The largest absolute Gasteiger partial charge is 0.207 e. The van der Waals surface area contributed by atoms with Gasteiger partial charge in [-0.05, 0) is 19.9 Å². The topological polar surface area (TPSA) is 5.90 Å². The SMILES string of the molecule is CC1(C)C=c2cccc[n+]2=C1. The first kappa shape index (κ1) is 6.59. The average molecular weight is 146 g/mol. The number of nitrogens with zero attached hydrogens (tertiary/aromatic N) is 1. The summed E-state index contributed by atoms with van der Waals surface area (Å²) in [4.78, 5) is 0. The van der Waals surface area contributed by atoms with Crippen LogP contribution < -0.4 is 9.59 Å². The van der Waals surface area contributed by atoms with Crippen molar-refractivity contribution in [3.05, 3.63) is 36.0 Å². The zero-order chi connectivity index (χ0) is 7.90. The first-order valence-corrected chi connectivity index (χ1v) is 3.89. The molecule has 0 spiro atoms. The molecule has 0 aliphatic carbocycles. The van der Waals surface area contributed by atoms with Gasteiger partial charge in [0.05, 0.1) is 5.41 Å². The molecule has 2 rings (SSSR count). The van der Waals surface area contributed by atoms with Gasteiger partial charge in [0.15, 0.2) is 12.4 Å². The Morgan fingerprint density at radius 1 is 1.27 bits per heavy atom. The van der Waals surface area contributed by atoms with Gasteiger partial charge >= 0.3 is 0 Å². The van der Waals surface area contributed by atoms with Gasteiger partial charge in [0, 0.05) is 18.2 Å². The van der Waals surface area contributed by atoms with Crippen molar-refractivity contribution >= 4 is 6.08 Å². The lowest BCUT2D eigenvalue weighted by atomic mass is 9.97. The maximum Gasteiger partial charge on any atom is 0.207 e. The van der Waals surface area contributed by atoms with Gasteiger partial charge in [0.1, 0.15) is 0 Å². The third-order valence-corrected chi connectivity index (χ3v) is 1.91. The lowest BCUT2D eigenvalue weighted by Crippen LogP contribution is -2.32. The Morgan fingerprint density at radius 3 is 2.82 bits per heavy atom. The first-order valence-electron chi connectivity index (χ1n) is 3.89. The van der Waals surface area contributed by atoms with E-state index >= 15 is 0 Å². The van der Waals surface area contributed by atoms with E-state index in [1.54, 1.807) is 0 Å². The standard InChI is InChI=1S/C10H12N/c1-10(2)7-9-5-3-4-6-11(9)8-10/h3-8H,1-2H3/q+1. The fourth-order valence-electron chi connectivity index (χ4n) is 1.49. The third-order valence-electron chi connectivity index (χ3n) is 1.91. The lowest BCUT2D eigenvalue weighted by molar-refractivity contribution is -0.524.